The monoisotopic (exact) mass is 451 g/mol. The van der Waals surface area contributed by atoms with Gasteiger partial charge >= 0.3 is 5.97 Å². The Hall–Kier alpha value is -4.08. The Morgan fingerprint density at radius 3 is 2.36 bits per heavy atom. The van der Waals surface area contributed by atoms with Crippen molar-refractivity contribution in [2.45, 2.75) is 25.7 Å². The van der Waals surface area contributed by atoms with E-state index < -0.39 is 23.4 Å². The highest BCUT2D eigenvalue weighted by Gasteiger charge is 2.48. The number of carbonyl (C=O) groups excluding carboxylic acids is 4. The molecule has 0 aromatic heterocycles. The van der Waals surface area contributed by atoms with Gasteiger partial charge in [0.2, 0.25) is 11.8 Å². The molecule has 2 aromatic carbocycles. The van der Waals surface area contributed by atoms with E-state index in [1.807, 2.05) is 0 Å². The molecular formula is C23H21N3O7. The largest absolute Gasteiger partial charge is 0.452 e. The zero-order chi connectivity index (χ0) is 23.5. The Bertz CT molecular complexity index is 1120. The zero-order valence-corrected chi connectivity index (χ0v) is 17.6. The fourth-order valence-electron chi connectivity index (χ4n) is 4.30. The molecule has 2 aliphatic rings. The average molecular weight is 451 g/mol. The molecule has 2 atom stereocenters. The highest BCUT2D eigenvalue weighted by molar-refractivity contribution is 6.22. The molecule has 10 heteroatoms. The molecule has 0 bridgehead atoms. The van der Waals surface area contributed by atoms with Gasteiger partial charge in [-0.2, -0.15) is 0 Å². The van der Waals surface area contributed by atoms with E-state index >= 15 is 0 Å². The van der Waals surface area contributed by atoms with E-state index in [1.165, 1.54) is 42.5 Å². The lowest BCUT2D eigenvalue weighted by Crippen LogP contribution is -2.31. The molecule has 10 nitrogen and oxygen atoms in total. The van der Waals surface area contributed by atoms with Crippen LogP contribution in [0.2, 0.25) is 0 Å². The summed E-state index contributed by atoms with van der Waals surface area (Å²) in [4.78, 5) is 61.5. The van der Waals surface area contributed by atoms with Gasteiger partial charge < -0.3 is 10.1 Å². The van der Waals surface area contributed by atoms with Gasteiger partial charge in [-0.25, -0.2) is 4.79 Å². The normalized spacial score (nSPS) is 19.7. The molecule has 1 aliphatic carbocycles. The van der Waals surface area contributed by atoms with Crippen molar-refractivity contribution in [3.8, 4) is 0 Å². The molecule has 1 saturated heterocycles. The van der Waals surface area contributed by atoms with Crippen LogP contribution in [0.3, 0.4) is 0 Å². The van der Waals surface area contributed by atoms with Crippen molar-refractivity contribution >= 4 is 40.8 Å². The molecule has 0 spiro atoms. The van der Waals surface area contributed by atoms with Crippen LogP contribution in [0.25, 0.3) is 0 Å². The molecule has 0 unspecified atom stereocenters. The molecular weight excluding hydrogens is 430 g/mol. The van der Waals surface area contributed by atoms with Gasteiger partial charge in [-0.05, 0) is 37.1 Å². The first kappa shape index (κ1) is 22.1. The third-order valence-corrected chi connectivity index (χ3v) is 5.86. The van der Waals surface area contributed by atoms with Gasteiger partial charge in [0, 0.05) is 17.8 Å². The zero-order valence-electron chi connectivity index (χ0n) is 17.6. The van der Waals surface area contributed by atoms with Crippen LogP contribution in [0.5, 0.6) is 0 Å². The first-order valence-corrected chi connectivity index (χ1v) is 10.5. The lowest BCUT2D eigenvalue weighted by molar-refractivity contribution is -0.384. The first-order valence-electron chi connectivity index (χ1n) is 10.5. The number of carbonyl (C=O) groups is 4. The fourth-order valence-corrected chi connectivity index (χ4v) is 4.30. The molecule has 1 heterocycles. The number of nitro groups is 1. The summed E-state index contributed by atoms with van der Waals surface area (Å²) < 4.78 is 5.03. The number of hydrogen-bond donors (Lipinski definition) is 1. The summed E-state index contributed by atoms with van der Waals surface area (Å²) in [5.41, 5.74) is 0.397. The highest BCUT2D eigenvalue weighted by atomic mass is 16.6. The van der Waals surface area contributed by atoms with Crippen molar-refractivity contribution in [3.63, 3.8) is 0 Å². The topological polar surface area (TPSA) is 136 Å². The lowest BCUT2D eigenvalue weighted by Gasteiger charge is -2.19. The summed E-state index contributed by atoms with van der Waals surface area (Å²) in [6, 6.07) is 11.3. The molecule has 1 saturated carbocycles. The minimum absolute atomic E-state index is 0.0890. The summed E-state index contributed by atoms with van der Waals surface area (Å²) in [6.45, 7) is -0.614. The Labute approximate surface area is 188 Å². The maximum atomic E-state index is 12.8. The smallest absolute Gasteiger partial charge is 0.338 e. The van der Waals surface area contributed by atoms with Crippen molar-refractivity contribution in [2.24, 2.45) is 11.8 Å². The number of rotatable bonds is 6. The van der Waals surface area contributed by atoms with Gasteiger partial charge in [-0.1, -0.05) is 25.0 Å². The molecule has 1 aliphatic heterocycles. The number of amides is 3. The van der Waals surface area contributed by atoms with E-state index in [1.54, 1.807) is 6.07 Å². The Kier molecular flexibility index (Phi) is 6.16. The van der Waals surface area contributed by atoms with Gasteiger partial charge in [-0.3, -0.25) is 29.4 Å². The quantitative estimate of drug-likeness (QED) is 0.308. The number of non-ortho nitro benzene ring substituents is 1. The second kappa shape index (κ2) is 9.19. The molecule has 2 fully saturated rings. The molecule has 3 amide bonds. The number of fused-ring (bicyclic) bond motifs is 1. The molecule has 4 rings (SSSR count). The lowest BCUT2D eigenvalue weighted by atomic mass is 9.81. The standard InChI is InChI=1S/C23H21N3O7/c27-20(24-15-6-4-8-17(12-15)26(31)32)13-33-23(30)14-5-3-7-16(11-14)25-21(28)18-9-1-2-10-19(18)22(25)29/h3-8,11-12,18-19H,1-2,9-10,13H2,(H,24,27)/t18-,19-/m1/s1. The Balaban J connectivity index is 1.39. The molecule has 1 N–H and O–H groups in total. The molecule has 2 aromatic rings. The van der Waals surface area contributed by atoms with Crippen molar-refractivity contribution in [3.05, 3.63) is 64.2 Å². The predicted molar refractivity (Wildman–Crippen MR) is 116 cm³/mol. The van der Waals surface area contributed by atoms with Gasteiger partial charge in [0.05, 0.1) is 28.0 Å². The third-order valence-electron chi connectivity index (χ3n) is 5.86. The van der Waals surface area contributed by atoms with E-state index in [0.717, 1.165) is 17.7 Å². The third kappa shape index (κ3) is 4.59. The van der Waals surface area contributed by atoms with Crippen LogP contribution in [0.15, 0.2) is 48.5 Å². The summed E-state index contributed by atoms with van der Waals surface area (Å²) in [5.74, 6) is -2.58. The minimum atomic E-state index is -0.803. The number of imide groups is 1. The van der Waals surface area contributed by atoms with Crippen LogP contribution < -0.4 is 10.2 Å². The van der Waals surface area contributed by atoms with Gasteiger partial charge in [0.1, 0.15) is 0 Å². The summed E-state index contributed by atoms with van der Waals surface area (Å²) >= 11 is 0. The summed E-state index contributed by atoms with van der Waals surface area (Å²) in [7, 11) is 0. The number of benzene rings is 2. The number of hydrogen-bond acceptors (Lipinski definition) is 7. The Morgan fingerprint density at radius 2 is 1.70 bits per heavy atom. The number of esters is 1. The van der Waals surface area contributed by atoms with Crippen molar-refractivity contribution < 1.29 is 28.8 Å². The fraction of sp³-hybridized carbons (Fsp3) is 0.304. The molecule has 33 heavy (non-hydrogen) atoms. The summed E-state index contributed by atoms with van der Waals surface area (Å²) in [6.07, 6.45) is 3.21. The number of nitrogens with zero attached hydrogens (tertiary/aromatic N) is 2. The van der Waals surface area contributed by atoms with E-state index in [2.05, 4.69) is 5.32 Å². The van der Waals surface area contributed by atoms with Crippen LogP contribution in [0.1, 0.15) is 36.0 Å². The van der Waals surface area contributed by atoms with Crippen LogP contribution in [0, 0.1) is 22.0 Å². The maximum absolute atomic E-state index is 12.8. The predicted octanol–water partition coefficient (Wildman–Crippen LogP) is 3.07. The van der Waals surface area contributed by atoms with Crippen molar-refractivity contribution in [2.75, 3.05) is 16.8 Å². The molecule has 170 valence electrons. The van der Waals surface area contributed by atoms with Crippen LogP contribution in [-0.2, 0) is 19.1 Å². The van der Waals surface area contributed by atoms with Crippen molar-refractivity contribution in [1.29, 1.82) is 0 Å². The van der Waals surface area contributed by atoms with Crippen LogP contribution >= 0.6 is 0 Å². The number of nitro benzene ring substituents is 1. The number of anilines is 2. The van der Waals surface area contributed by atoms with Gasteiger partial charge in [0.25, 0.3) is 11.6 Å². The molecule has 0 radical (unpaired) electrons. The summed E-state index contributed by atoms with van der Waals surface area (Å²) in [5, 5.41) is 13.2. The van der Waals surface area contributed by atoms with Crippen molar-refractivity contribution in [1.82, 2.24) is 0 Å². The van der Waals surface area contributed by atoms with E-state index in [4.69, 9.17) is 4.74 Å². The van der Waals surface area contributed by atoms with E-state index in [0.29, 0.717) is 18.5 Å². The second-order valence-electron chi connectivity index (χ2n) is 7.99. The van der Waals surface area contributed by atoms with E-state index in [-0.39, 0.29) is 40.6 Å². The van der Waals surface area contributed by atoms with E-state index in [9.17, 15) is 29.3 Å². The average Bonchev–Trinajstić information content (AvgIpc) is 3.08. The Morgan fingerprint density at radius 1 is 1.03 bits per heavy atom. The van der Waals surface area contributed by atoms with Crippen LogP contribution in [-0.4, -0.2) is 35.2 Å². The highest BCUT2D eigenvalue weighted by Crippen LogP contribution is 2.40. The van der Waals surface area contributed by atoms with Gasteiger partial charge in [-0.15, -0.1) is 0 Å². The number of nitrogens with one attached hydrogen (secondary N) is 1. The maximum Gasteiger partial charge on any atom is 0.338 e. The number of ether oxygens (including phenoxy) is 1. The van der Waals surface area contributed by atoms with Crippen LogP contribution in [0.4, 0.5) is 17.1 Å². The SMILES string of the molecule is O=C(COC(=O)c1cccc(N2C(=O)[C@@H]3CCCC[C@H]3C2=O)c1)Nc1cccc([N+](=O)[O-])c1. The first-order chi connectivity index (χ1) is 15.8. The second-order valence-corrected chi connectivity index (χ2v) is 7.99. The van der Waals surface area contributed by atoms with Gasteiger partial charge in [0.15, 0.2) is 6.61 Å². The minimum Gasteiger partial charge on any atom is -0.452 e.